The van der Waals surface area contributed by atoms with Crippen LogP contribution in [0.25, 0.3) is 0 Å². The average molecular weight is 295 g/mol. The van der Waals surface area contributed by atoms with E-state index in [9.17, 15) is 8.78 Å². The van der Waals surface area contributed by atoms with Crippen molar-refractivity contribution in [3.05, 3.63) is 48.0 Å². The van der Waals surface area contributed by atoms with Crippen molar-refractivity contribution in [2.45, 2.75) is 39.0 Å². The number of aromatic nitrogens is 2. The van der Waals surface area contributed by atoms with Gasteiger partial charge in [0, 0.05) is 18.4 Å². The lowest BCUT2D eigenvalue weighted by molar-refractivity contribution is -0.0498. The van der Waals surface area contributed by atoms with Crippen molar-refractivity contribution in [2.24, 2.45) is 0 Å². The number of halogens is 2. The number of H-pyrrole nitrogens is 1. The van der Waals surface area contributed by atoms with Crippen molar-refractivity contribution in [1.82, 2.24) is 15.3 Å². The van der Waals surface area contributed by atoms with Crippen LogP contribution in [0.2, 0.25) is 0 Å². The van der Waals surface area contributed by atoms with Gasteiger partial charge in [0.25, 0.3) is 0 Å². The molecule has 2 N–H and O–H groups in total. The van der Waals surface area contributed by atoms with E-state index in [-0.39, 0.29) is 17.8 Å². The molecule has 4 nitrogen and oxygen atoms in total. The van der Waals surface area contributed by atoms with E-state index >= 15 is 0 Å². The lowest BCUT2D eigenvalue weighted by atomic mass is 10.1. The summed E-state index contributed by atoms with van der Waals surface area (Å²) in [5.41, 5.74) is 1.00. The predicted octanol–water partition coefficient (Wildman–Crippen LogP) is 3.81. The van der Waals surface area contributed by atoms with Crippen LogP contribution in [0.1, 0.15) is 43.7 Å². The van der Waals surface area contributed by atoms with Gasteiger partial charge in [-0.15, -0.1) is 0 Å². The van der Waals surface area contributed by atoms with Crippen molar-refractivity contribution in [2.75, 3.05) is 0 Å². The molecule has 0 radical (unpaired) electrons. The third-order valence-electron chi connectivity index (χ3n) is 3.31. The van der Waals surface area contributed by atoms with Gasteiger partial charge in [0.05, 0.1) is 6.04 Å². The number of aromatic amines is 1. The lowest BCUT2D eigenvalue weighted by Crippen LogP contribution is -2.25. The minimum Gasteiger partial charge on any atom is -0.435 e. The summed E-state index contributed by atoms with van der Waals surface area (Å²) in [5.74, 6) is 1.06. The summed E-state index contributed by atoms with van der Waals surface area (Å²) in [6, 6.07) is 6.85. The minimum atomic E-state index is -2.80. The molecule has 2 rings (SSSR count). The van der Waals surface area contributed by atoms with E-state index in [0.29, 0.717) is 0 Å². The second kappa shape index (κ2) is 7.17. The number of alkyl halides is 2. The Bertz CT molecular complexity index is 528. The fourth-order valence-electron chi connectivity index (χ4n) is 2.19. The molecule has 1 heterocycles. The van der Waals surface area contributed by atoms with Crippen LogP contribution in [-0.2, 0) is 0 Å². The van der Waals surface area contributed by atoms with E-state index in [1.807, 2.05) is 6.92 Å². The zero-order valence-corrected chi connectivity index (χ0v) is 12.0. The third-order valence-corrected chi connectivity index (χ3v) is 3.31. The normalized spacial score (nSPS) is 14.1. The smallest absolute Gasteiger partial charge is 0.387 e. The van der Waals surface area contributed by atoms with Gasteiger partial charge in [-0.3, -0.25) is 0 Å². The highest BCUT2D eigenvalue weighted by atomic mass is 19.3. The van der Waals surface area contributed by atoms with Crippen LogP contribution in [0.4, 0.5) is 8.78 Å². The summed E-state index contributed by atoms with van der Waals surface area (Å²) < 4.78 is 28.6. The fourth-order valence-corrected chi connectivity index (χ4v) is 2.19. The molecule has 0 amide bonds. The molecule has 0 saturated carbocycles. The van der Waals surface area contributed by atoms with Gasteiger partial charge in [0.1, 0.15) is 11.6 Å². The van der Waals surface area contributed by atoms with E-state index in [0.717, 1.165) is 17.8 Å². The van der Waals surface area contributed by atoms with Gasteiger partial charge in [0.15, 0.2) is 0 Å². The van der Waals surface area contributed by atoms with Crippen molar-refractivity contribution < 1.29 is 13.5 Å². The second-order valence-electron chi connectivity index (χ2n) is 4.77. The Morgan fingerprint density at radius 1 is 1.29 bits per heavy atom. The van der Waals surface area contributed by atoms with Crippen LogP contribution in [0.3, 0.4) is 0 Å². The van der Waals surface area contributed by atoms with Crippen LogP contribution >= 0.6 is 0 Å². The lowest BCUT2D eigenvalue weighted by Gasteiger charge is -2.21. The van der Waals surface area contributed by atoms with Gasteiger partial charge >= 0.3 is 6.61 Å². The van der Waals surface area contributed by atoms with Crippen molar-refractivity contribution >= 4 is 0 Å². The maximum Gasteiger partial charge on any atom is 0.387 e. The van der Waals surface area contributed by atoms with E-state index in [1.165, 1.54) is 0 Å². The molecule has 0 aliphatic carbocycles. The molecule has 1 aromatic heterocycles. The number of hydrogen-bond acceptors (Lipinski definition) is 3. The molecule has 2 unspecified atom stereocenters. The first-order chi connectivity index (χ1) is 10.1. The zero-order chi connectivity index (χ0) is 15.2. The number of benzene rings is 1. The van der Waals surface area contributed by atoms with Crippen molar-refractivity contribution in [1.29, 1.82) is 0 Å². The largest absolute Gasteiger partial charge is 0.435 e. The van der Waals surface area contributed by atoms with Gasteiger partial charge in [-0.05, 0) is 31.0 Å². The molecule has 6 heteroatoms. The topological polar surface area (TPSA) is 49.9 Å². The summed E-state index contributed by atoms with van der Waals surface area (Å²) in [7, 11) is 0. The molecule has 0 fully saturated rings. The maximum atomic E-state index is 12.1. The molecule has 2 aromatic rings. The highest BCUT2D eigenvalue weighted by molar-refractivity contribution is 5.29. The maximum absolute atomic E-state index is 12.1. The molecule has 114 valence electrons. The van der Waals surface area contributed by atoms with Gasteiger partial charge in [-0.2, -0.15) is 8.78 Å². The Morgan fingerprint density at radius 2 is 2.00 bits per heavy atom. The van der Waals surface area contributed by atoms with Crippen LogP contribution in [0.15, 0.2) is 36.7 Å². The van der Waals surface area contributed by atoms with Crippen LogP contribution in [0, 0.1) is 0 Å². The number of rotatable bonds is 7. The Labute approximate surface area is 122 Å². The van der Waals surface area contributed by atoms with E-state index in [2.05, 4.69) is 26.9 Å². The second-order valence-corrected chi connectivity index (χ2v) is 4.77. The first-order valence-electron chi connectivity index (χ1n) is 6.90. The highest BCUT2D eigenvalue weighted by Crippen LogP contribution is 2.22. The molecule has 2 atom stereocenters. The summed E-state index contributed by atoms with van der Waals surface area (Å²) >= 11 is 0. The van der Waals surface area contributed by atoms with Gasteiger partial charge in [-0.25, -0.2) is 4.98 Å². The Hall–Kier alpha value is -1.95. The monoisotopic (exact) mass is 295 g/mol. The quantitative estimate of drug-likeness (QED) is 0.816. The summed E-state index contributed by atoms with van der Waals surface area (Å²) in [6.07, 6.45) is 4.41. The van der Waals surface area contributed by atoms with Crippen LogP contribution < -0.4 is 10.1 Å². The van der Waals surface area contributed by atoms with Crippen LogP contribution in [-0.4, -0.2) is 16.6 Å². The highest BCUT2D eigenvalue weighted by Gasteiger charge is 2.15. The number of hydrogen-bond donors (Lipinski definition) is 2. The molecule has 1 aromatic carbocycles. The first kappa shape index (κ1) is 15.4. The minimum absolute atomic E-state index is 0.0700. The number of nitrogens with zero attached hydrogens (tertiary/aromatic N) is 1. The fraction of sp³-hybridized carbons (Fsp3) is 0.400. The number of ether oxygens (including phenoxy) is 1. The predicted molar refractivity (Wildman–Crippen MR) is 76.2 cm³/mol. The zero-order valence-electron chi connectivity index (χ0n) is 12.0. The van der Waals surface area contributed by atoms with E-state index in [1.54, 1.807) is 36.7 Å². The molecule has 0 aliphatic heterocycles. The molecular weight excluding hydrogens is 276 g/mol. The number of nitrogens with one attached hydrogen (secondary N) is 2. The SMILES string of the molecule is CCC(NC(C)c1ccc(OC(F)F)cc1)c1ncc[nH]1. The number of imidazole rings is 1. The molecule has 0 aliphatic rings. The standard InChI is InChI=1S/C15H19F2N3O/c1-3-13(14-18-8-9-19-14)20-10(2)11-4-6-12(7-5-11)21-15(16)17/h4-10,13,15,20H,3H2,1-2H3,(H,18,19). The Balaban J connectivity index is 2.00. The Kier molecular flexibility index (Phi) is 5.27. The summed E-state index contributed by atoms with van der Waals surface area (Å²) in [6.45, 7) is 1.30. The van der Waals surface area contributed by atoms with Crippen LogP contribution in [0.5, 0.6) is 5.75 Å². The van der Waals surface area contributed by atoms with Crippen molar-refractivity contribution in [3.63, 3.8) is 0 Å². The average Bonchev–Trinajstić information content (AvgIpc) is 2.98. The van der Waals surface area contributed by atoms with Gasteiger partial charge < -0.3 is 15.0 Å². The molecule has 0 spiro atoms. The Morgan fingerprint density at radius 3 is 2.52 bits per heavy atom. The van der Waals surface area contributed by atoms with Gasteiger partial charge in [-0.1, -0.05) is 19.1 Å². The summed E-state index contributed by atoms with van der Waals surface area (Å²) in [4.78, 5) is 7.36. The molecule has 0 bridgehead atoms. The van der Waals surface area contributed by atoms with Gasteiger partial charge in [0.2, 0.25) is 0 Å². The van der Waals surface area contributed by atoms with E-state index < -0.39 is 6.61 Å². The van der Waals surface area contributed by atoms with Crippen molar-refractivity contribution in [3.8, 4) is 5.75 Å². The summed E-state index contributed by atoms with van der Waals surface area (Å²) in [5, 5.41) is 3.46. The third kappa shape index (κ3) is 4.26. The first-order valence-corrected chi connectivity index (χ1v) is 6.90. The molecular formula is C15H19F2N3O. The van der Waals surface area contributed by atoms with E-state index in [4.69, 9.17) is 0 Å². The molecule has 21 heavy (non-hydrogen) atoms. The molecule has 0 saturated heterocycles.